The van der Waals surface area contributed by atoms with Gasteiger partial charge in [-0.15, -0.1) is 0 Å². The van der Waals surface area contributed by atoms with Crippen molar-refractivity contribution in [3.8, 4) is 5.75 Å². The highest BCUT2D eigenvalue weighted by Crippen LogP contribution is 2.06. The van der Waals surface area contributed by atoms with E-state index in [-0.39, 0.29) is 23.5 Å². The van der Waals surface area contributed by atoms with Gasteiger partial charge in [0.1, 0.15) is 18.6 Å². The Bertz CT molecular complexity index is 329. The van der Waals surface area contributed by atoms with Crippen LogP contribution in [0.5, 0.6) is 5.75 Å². The second-order valence-electron chi connectivity index (χ2n) is 2.93. The number of unbranched alkanes of at least 4 members (excludes halogenated alkanes) is 1. The minimum Gasteiger partial charge on any atom is -0.487 e. The number of ether oxygens (including phenoxy) is 1. The van der Waals surface area contributed by atoms with Gasteiger partial charge in [0.15, 0.2) is 0 Å². The maximum absolute atomic E-state index is 11.3. The summed E-state index contributed by atoms with van der Waals surface area (Å²) < 4.78 is 10.1. The van der Waals surface area contributed by atoms with E-state index < -0.39 is 0 Å². The van der Waals surface area contributed by atoms with Gasteiger partial charge in [0.05, 0.1) is 6.61 Å². The van der Waals surface area contributed by atoms with Crippen LogP contribution in [0.4, 0.5) is 0 Å². The molecule has 1 aromatic rings. The molecule has 4 heteroatoms. The lowest BCUT2D eigenvalue weighted by molar-refractivity contribution is 0.237. The summed E-state index contributed by atoms with van der Waals surface area (Å²) in [5.74, 6) is 0.452. The van der Waals surface area contributed by atoms with Crippen LogP contribution in [0.2, 0.25) is 0 Å². The van der Waals surface area contributed by atoms with Crippen LogP contribution >= 0.6 is 0 Å². The maximum Gasteiger partial charge on any atom is 0.227 e. The molecule has 0 spiro atoms. The van der Waals surface area contributed by atoms with E-state index in [0.29, 0.717) is 6.61 Å². The van der Waals surface area contributed by atoms with Crippen molar-refractivity contribution in [2.75, 3.05) is 6.61 Å². The Morgan fingerprint density at radius 3 is 2.93 bits per heavy atom. The smallest absolute Gasteiger partial charge is 0.227 e. The molecule has 0 atom stereocenters. The lowest BCUT2D eigenvalue weighted by atomic mass is 10.3. The van der Waals surface area contributed by atoms with Crippen molar-refractivity contribution in [2.24, 2.45) is 0 Å². The Kier molecular flexibility index (Phi) is 4.19. The third kappa shape index (κ3) is 2.88. The van der Waals surface area contributed by atoms with Crippen molar-refractivity contribution in [1.82, 2.24) is 0 Å². The number of hydrogen-bond acceptors (Lipinski definition) is 4. The van der Waals surface area contributed by atoms with E-state index in [1.54, 1.807) is 0 Å². The molecule has 1 heterocycles. The third-order valence-electron chi connectivity index (χ3n) is 1.76. The molecule has 0 aliphatic heterocycles. The molecule has 0 radical (unpaired) electrons. The topological polar surface area (TPSA) is 59.7 Å². The van der Waals surface area contributed by atoms with Crippen LogP contribution in [-0.2, 0) is 6.61 Å². The summed E-state index contributed by atoms with van der Waals surface area (Å²) >= 11 is 0. The molecule has 0 amide bonds. The summed E-state index contributed by atoms with van der Waals surface area (Å²) in [7, 11) is 0. The lowest BCUT2D eigenvalue weighted by Gasteiger charge is -2.03. The first kappa shape index (κ1) is 10.8. The Morgan fingerprint density at radius 2 is 2.36 bits per heavy atom. The molecule has 4 nitrogen and oxygen atoms in total. The van der Waals surface area contributed by atoms with Crippen molar-refractivity contribution < 1.29 is 14.3 Å². The second kappa shape index (κ2) is 5.44. The number of aliphatic hydroxyl groups is 1. The summed E-state index contributed by atoms with van der Waals surface area (Å²) in [6.45, 7) is 2.28. The molecule has 0 aromatic carbocycles. The molecular formula is C10H14O4. The zero-order chi connectivity index (χ0) is 10.4. The first-order valence-corrected chi connectivity index (χ1v) is 4.63. The fourth-order valence-corrected chi connectivity index (χ4v) is 0.953. The molecule has 0 unspecified atom stereocenters. The van der Waals surface area contributed by atoms with Crippen LogP contribution < -0.4 is 10.2 Å². The Hall–Kier alpha value is -1.29. The highest BCUT2D eigenvalue weighted by atomic mass is 16.5. The SMILES string of the molecule is CCCCOc1coc(CO)cc1=O. The Balaban J connectivity index is 2.64. The van der Waals surface area contributed by atoms with Crippen LogP contribution in [0, 0.1) is 0 Å². The molecule has 0 saturated carbocycles. The Labute approximate surface area is 82.1 Å². The van der Waals surface area contributed by atoms with Crippen LogP contribution in [0.25, 0.3) is 0 Å². The Morgan fingerprint density at radius 1 is 1.57 bits per heavy atom. The fourth-order valence-electron chi connectivity index (χ4n) is 0.953. The van der Waals surface area contributed by atoms with Crippen LogP contribution in [-0.4, -0.2) is 11.7 Å². The third-order valence-corrected chi connectivity index (χ3v) is 1.76. The van der Waals surface area contributed by atoms with Crippen molar-refractivity contribution >= 4 is 0 Å². The highest BCUT2D eigenvalue weighted by molar-refractivity contribution is 5.17. The summed E-state index contributed by atoms with van der Waals surface area (Å²) in [4.78, 5) is 11.3. The average Bonchev–Trinajstić information content (AvgIpc) is 2.20. The summed E-state index contributed by atoms with van der Waals surface area (Å²) in [6.07, 6.45) is 3.16. The summed E-state index contributed by atoms with van der Waals surface area (Å²) in [5, 5.41) is 8.69. The van der Waals surface area contributed by atoms with Crippen molar-refractivity contribution in [3.63, 3.8) is 0 Å². The van der Waals surface area contributed by atoms with Gasteiger partial charge in [0.25, 0.3) is 0 Å². The van der Waals surface area contributed by atoms with Crippen molar-refractivity contribution in [1.29, 1.82) is 0 Å². The van der Waals surface area contributed by atoms with E-state index in [9.17, 15) is 4.79 Å². The molecule has 14 heavy (non-hydrogen) atoms. The lowest BCUT2D eigenvalue weighted by Crippen LogP contribution is -2.08. The largest absolute Gasteiger partial charge is 0.487 e. The summed E-state index contributed by atoms with van der Waals surface area (Å²) in [6, 6.07) is 1.24. The summed E-state index contributed by atoms with van der Waals surface area (Å²) in [5.41, 5.74) is -0.253. The van der Waals surface area contributed by atoms with E-state index in [2.05, 4.69) is 0 Å². The molecule has 0 aliphatic carbocycles. The predicted octanol–water partition coefficient (Wildman–Crippen LogP) is 1.31. The van der Waals surface area contributed by atoms with Gasteiger partial charge in [-0.3, -0.25) is 4.79 Å². The first-order valence-electron chi connectivity index (χ1n) is 4.63. The average molecular weight is 198 g/mol. The van der Waals surface area contributed by atoms with E-state index >= 15 is 0 Å². The monoisotopic (exact) mass is 198 g/mol. The molecule has 0 fully saturated rings. The van der Waals surface area contributed by atoms with Gasteiger partial charge in [-0.2, -0.15) is 0 Å². The molecular weight excluding hydrogens is 184 g/mol. The van der Waals surface area contributed by atoms with Gasteiger partial charge in [-0.1, -0.05) is 13.3 Å². The zero-order valence-corrected chi connectivity index (χ0v) is 8.16. The molecule has 0 aliphatic rings. The van der Waals surface area contributed by atoms with Gasteiger partial charge in [0.2, 0.25) is 11.2 Å². The molecule has 1 N–H and O–H groups in total. The minimum absolute atomic E-state index is 0.204. The zero-order valence-electron chi connectivity index (χ0n) is 8.16. The van der Waals surface area contributed by atoms with Gasteiger partial charge < -0.3 is 14.3 Å². The first-order chi connectivity index (χ1) is 6.77. The normalized spacial score (nSPS) is 10.1. The number of aliphatic hydroxyl groups excluding tert-OH is 1. The van der Waals surface area contributed by atoms with Gasteiger partial charge >= 0.3 is 0 Å². The molecule has 0 saturated heterocycles. The minimum atomic E-state index is -0.273. The predicted molar refractivity (Wildman–Crippen MR) is 51.3 cm³/mol. The van der Waals surface area contributed by atoms with Gasteiger partial charge in [0, 0.05) is 6.07 Å². The van der Waals surface area contributed by atoms with Crippen LogP contribution in [0.3, 0.4) is 0 Å². The molecule has 0 bridgehead atoms. The van der Waals surface area contributed by atoms with E-state index in [1.165, 1.54) is 12.3 Å². The number of rotatable bonds is 5. The second-order valence-corrected chi connectivity index (χ2v) is 2.93. The van der Waals surface area contributed by atoms with Crippen molar-refractivity contribution in [3.05, 3.63) is 28.3 Å². The molecule has 78 valence electrons. The fraction of sp³-hybridized carbons (Fsp3) is 0.500. The standard InChI is InChI=1S/C10H14O4/c1-2-3-4-13-10-7-14-8(6-11)5-9(10)12/h5,7,11H,2-4,6H2,1H3. The quantitative estimate of drug-likeness (QED) is 0.725. The van der Waals surface area contributed by atoms with Gasteiger partial charge in [-0.05, 0) is 6.42 Å². The highest BCUT2D eigenvalue weighted by Gasteiger charge is 2.02. The van der Waals surface area contributed by atoms with Crippen LogP contribution in [0.15, 0.2) is 21.5 Å². The maximum atomic E-state index is 11.3. The van der Waals surface area contributed by atoms with E-state index in [4.69, 9.17) is 14.3 Å². The van der Waals surface area contributed by atoms with Crippen molar-refractivity contribution in [2.45, 2.75) is 26.4 Å². The molecule has 1 rings (SSSR count). The van der Waals surface area contributed by atoms with E-state index in [1.807, 2.05) is 6.92 Å². The van der Waals surface area contributed by atoms with Crippen LogP contribution in [0.1, 0.15) is 25.5 Å². The molecule has 1 aromatic heterocycles. The van der Waals surface area contributed by atoms with Gasteiger partial charge in [-0.25, -0.2) is 0 Å². The number of hydrogen-bond donors (Lipinski definition) is 1. The van der Waals surface area contributed by atoms with E-state index in [0.717, 1.165) is 12.8 Å².